The van der Waals surface area contributed by atoms with Crippen molar-refractivity contribution >= 4 is 104 Å². The third kappa shape index (κ3) is 24.9. The van der Waals surface area contributed by atoms with E-state index < -0.39 is 175 Å². The van der Waals surface area contributed by atoms with Gasteiger partial charge in [0.15, 0.2) is 6.10 Å². The van der Waals surface area contributed by atoms with Gasteiger partial charge in [-0.15, -0.1) is 0 Å². The third-order valence-electron chi connectivity index (χ3n) is 13.3. The SMILES string of the molecule is CSCC[C@H](NC(=O)[C@H](Cc1ccc(OS(=O)(=O)O)cc1)NC(=O)[C@@H](N)CC(=O)O[C@@H](CO)[C@@H](O)[C@H](O)[C@H](O)CO)C(=O)NCC(=O)N[C@@H](Cc1c[nH]c2ccccc12)C(=O)N[C@@H](CCSC)C(=O)N[C@@H](CC(=O)O)C(=O)N[C@@H](Cc1ccccc1)C(N)=O. The van der Waals surface area contributed by atoms with E-state index >= 15 is 0 Å². The highest BCUT2D eigenvalue weighted by Crippen LogP contribution is 2.21. The molecule has 34 heteroatoms. The average Bonchev–Trinajstić information content (AvgIpc) is 3.01. The molecule has 4 aromatic rings. The molecule has 0 radical (unpaired) electrons. The number of aromatic nitrogens is 1. The Balaban J connectivity index is 1.55. The Hall–Kier alpha value is -7.93. The molecule has 31 nitrogen and oxygen atoms in total. The number of aliphatic carboxylic acids is 1. The Morgan fingerprint density at radius 2 is 1.12 bits per heavy atom. The van der Waals surface area contributed by atoms with E-state index in [1.54, 1.807) is 73.3 Å². The lowest BCUT2D eigenvalue weighted by Crippen LogP contribution is -2.59. The number of aromatic amines is 1. The van der Waals surface area contributed by atoms with Crippen molar-refractivity contribution in [2.75, 3.05) is 43.8 Å². The number of carbonyl (C=O) groups excluding carboxylic acids is 9. The molecule has 1 heterocycles. The summed E-state index contributed by atoms with van der Waals surface area (Å²) in [6.07, 6.45) is -5.73. The number of primary amides is 1. The number of ether oxygens (including phenoxy) is 1. The van der Waals surface area contributed by atoms with Crippen molar-refractivity contribution in [1.29, 1.82) is 0 Å². The van der Waals surface area contributed by atoms with Crippen molar-refractivity contribution in [2.45, 2.75) is 112 Å². The molecule has 0 unspecified atom stereocenters. The highest BCUT2D eigenvalue weighted by Gasteiger charge is 2.36. The number of hydrogen-bond acceptors (Lipinski definition) is 22. The molecule has 0 saturated heterocycles. The summed E-state index contributed by atoms with van der Waals surface area (Å²) in [5.41, 5.74) is 13.6. The minimum atomic E-state index is -4.95. The van der Waals surface area contributed by atoms with Crippen molar-refractivity contribution < 1.29 is 100 Å². The van der Waals surface area contributed by atoms with E-state index in [-0.39, 0.29) is 48.5 Å². The molecule has 0 aliphatic rings. The van der Waals surface area contributed by atoms with E-state index in [0.29, 0.717) is 22.0 Å². The molecule has 488 valence electrons. The number of carbonyl (C=O) groups is 10. The van der Waals surface area contributed by atoms with E-state index in [9.17, 15) is 81.9 Å². The van der Waals surface area contributed by atoms with E-state index in [1.165, 1.54) is 35.7 Å². The number of thioether (sulfide) groups is 2. The molecule has 89 heavy (non-hydrogen) atoms. The number of nitrogens with one attached hydrogen (secondary N) is 8. The average molecular weight is 1310 g/mol. The van der Waals surface area contributed by atoms with Gasteiger partial charge in [-0.05, 0) is 71.7 Å². The lowest BCUT2D eigenvalue weighted by molar-refractivity contribution is -0.171. The molecule has 0 spiro atoms. The number of rotatable bonds is 39. The van der Waals surface area contributed by atoms with Gasteiger partial charge in [-0.1, -0.05) is 60.7 Å². The van der Waals surface area contributed by atoms with Crippen LogP contribution in [0.5, 0.6) is 5.75 Å². The number of aliphatic hydroxyl groups excluding tert-OH is 5. The molecule has 0 aliphatic carbocycles. The van der Waals surface area contributed by atoms with Crippen LogP contribution < -0.4 is 52.9 Å². The molecule has 0 aliphatic heterocycles. The number of benzene rings is 3. The highest BCUT2D eigenvalue weighted by atomic mass is 32.3. The predicted molar refractivity (Wildman–Crippen MR) is 321 cm³/mol. The van der Waals surface area contributed by atoms with E-state index in [4.69, 9.17) is 25.9 Å². The lowest BCUT2D eigenvalue weighted by atomic mass is 10.0. The maximum atomic E-state index is 14.4. The molecular weight excluding hydrogens is 1230 g/mol. The van der Waals surface area contributed by atoms with E-state index in [2.05, 4.69) is 46.4 Å². The van der Waals surface area contributed by atoms with Crippen LogP contribution in [0.3, 0.4) is 0 Å². The van der Waals surface area contributed by atoms with Gasteiger partial charge in [-0.2, -0.15) is 31.9 Å². The third-order valence-corrected chi connectivity index (χ3v) is 15.0. The van der Waals surface area contributed by atoms with Crippen LogP contribution in [0.25, 0.3) is 10.9 Å². The molecule has 19 N–H and O–H groups in total. The van der Waals surface area contributed by atoms with Crippen molar-refractivity contribution in [3.8, 4) is 5.75 Å². The maximum Gasteiger partial charge on any atom is 0.446 e. The quantitative estimate of drug-likeness (QED) is 0.0148. The second-order valence-corrected chi connectivity index (χ2v) is 23.1. The molecule has 0 saturated carbocycles. The van der Waals surface area contributed by atoms with Gasteiger partial charge in [0.2, 0.25) is 47.3 Å². The summed E-state index contributed by atoms with van der Waals surface area (Å²) in [5, 5.41) is 76.5. The fourth-order valence-corrected chi connectivity index (χ4v) is 9.90. The fourth-order valence-electron chi connectivity index (χ4n) is 8.61. The van der Waals surface area contributed by atoms with Crippen LogP contribution in [0.15, 0.2) is 85.1 Å². The Labute approximate surface area is 518 Å². The van der Waals surface area contributed by atoms with Crippen molar-refractivity contribution in [1.82, 2.24) is 42.2 Å². The number of carboxylic acids is 1. The Morgan fingerprint density at radius 1 is 0.607 bits per heavy atom. The first-order valence-corrected chi connectivity index (χ1v) is 31.5. The zero-order valence-electron chi connectivity index (χ0n) is 48.1. The summed E-state index contributed by atoms with van der Waals surface area (Å²) < 4.78 is 41.2. The molecule has 11 atom stereocenters. The zero-order valence-corrected chi connectivity index (χ0v) is 50.6. The number of aliphatic hydroxyl groups is 5. The summed E-state index contributed by atoms with van der Waals surface area (Å²) in [4.78, 5) is 138. The number of esters is 1. The van der Waals surface area contributed by atoms with Crippen LogP contribution in [0.2, 0.25) is 0 Å². The van der Waals surface area contributed by atoms with Crippen molar-refractivity contribution in [3.05, 3.63) is 102 Å². The number of para-hydroxylation sites is 1. The van der Waals surface area contributed by atoms with Gasteiger partial charge in [0.05, 0.1) is 38.6 Å². The summed E-state index contributed by atoms with van der Waals surface area (Å²) in [6.45, 7) is -2.92. The standard InChI is InChI=1S/C55H74N10O21S3/c1-87-18-16-36(61-53(79)39(21-30-12-14-32(15-13-30)86-89(82,83)84)64-50(76)34(56)23-46(72)85-43(28-67)48(74)47(73)42(68)27-66)51(77)59-26-44(69)60-40(22-31-25-58-35-11-7-6-10-33(31)35)54(80)62-37(17-19-88-2)52(78)65-41(24-45(70)71)55(81)63-38(49(57)75)20-29-8-4-3-5-9-29/h3-15,25,34,36-43,47-48,58,66-68,73-74H,16-24,26-28,56H2,1-2H3,(H2,57,75)(H,59,77)(H,60,69)(H,61,79)(H,62,80)(H,63,81)(H,64,76)(H,65,78)(H,70,71)(H,82,83,84)/t34-,36-,37-,38-,39-,40-,41-,42+,43-,47+,48+/m0/s1. The molecule has 3 aromatic carbocycles. The monoisotopic (exact) mass is 1310 g/mol. The van der Waals surface area contributed by atoms with Gasteiger partial charge in [0, 0.05) is 36.4 Å². The lowest BCUT2D eigenvalue weighted by Gasteiger charge is -2.28. The topological polar surface area (TPSA) is 517 Å². The van der Waals surface area contributed by atoms with Gasteiger partial charge in [-0.3, -0.25) is 52.5 Å². The number of fused-ring (bicyclic) bond motifs is 1. The van der Waals surface area contributed by atoms with Crippen LogP contribution in [0.1, 0.15) is 42.4 Å². The van der Waals surface area contributed by atoms with E-state index in [0.717, 1.165) is 12.1 Å². The van der Waals surface area contributed by atoms with Crippen LogP contribution in [0.4, 0.5) is 0 Å². The Bertz CT molecular complexity index is 3160. The summed E-state index contributed by atoms with van der Waals surface area (Å²) >= 11 is 2.55. The van der Waals surface area contributed by atoms with Gasteiger partial charge in [-0.25, -0.2) is 0 Å². The highest BCUT2D eigenvalue weighted by molar-refractivity contribution is 7.98. The van der Waals surface area contributed by atoms with Gasteiger partial charge < -0.3 is 93.2 Å². The van der Waals surface area contributed by atoms with E-state index in [1.807, 2.05) is 0 Å². The molecule has 0 bridgehead atoms. The number of nitrogens with two attached hydrogens (primary N) is 2. The number of H-pyrrole nitrogens is 1. The molecule has 8 amide bonds. The second-order valence-electron chi connectivity index (χ2n) is 20.1. The zero-order chi connectivity index (χ0) is 66.0. The summed E-state index contributed by atoms with van der Waals surface area (Å²) in [6, 6.07) is 9.24. The number of hydrogen-bond donors (Lipinski definition) is 17. The normalized spacial score (nSPS) is 15.1. The summed E-state index contributed by atoms with van der Waals surface area (Å²) in [5.74, 6) is -10.7. The molecule has 1 aromatic heterocycles. The first-order valence-electron chi connectivity index (χ1n) is 27.3. The number of amides is 8. The van der Waals surface area contributed by atoms with Gasteiger partial charge in [0.1, 0.15) is 60.3 Å². The van der Waals surface area contributed by atoms with Crippen molar-refractivity contribution in [2.24, 2.45) is 11.5 Å². The van der Waals surface area contributed by atoms with Crippen molar-refractivity contribution in [3.63, 3.8) is 0 Å². The fraction of sp³-hybridized carbons (Fsp3) is 0.455. The molecule has 4 rings (SSSR count). The van der Waals surface area contributed by atoms with Crippen LogP contribution in [0, 0.1) is 0 Å². The van der Waals surface area contributed by atoms with Crippen LogP contribution in [-0.4, -0.2) is 218 Å². The number of carboxylic acid groups (broad SMARTS) is 1. The maximum absolute atomic E-state index is 14.4. The minimum absolute atomic E-state index is 0.0598. The summed E-state index contributed by atoms with van der Waals surface area (Å²) in [7, 11) is -4.95. The first-order chi connectivity index (χ1) is 42.2. The van der Waals surface area contributed by atoms with Crippen LogP contribution >= 0.6 is 23.5 Å². The first kappa shape index (κ1) is 73.5. The predicted octanol–water partition coefficient (Wildman–Crippen LogP) is -4.43. The Morgan fingerprint density at radius 3 is 1.70 bits per heavy atom. The minimum Gasteiger partial charge on any atom is -0.481 e. The largest absolute Gasteiger partial charge is 0.481 e. The van der Waals surface area contributed by atoms with Gasteiger partial charge >= 0.3 is 22.3 Å². The van der Waals surface area contributed by atoms with Gasteiger partial charge in [0.25, 0.3) is 0 Å². The molecular formula is C55H74N10O21S3. The Kier molecular flexibility index (Phi) is 30.2. The molecule has 0 fully saturated rings. The second kappa shape index (κ2) is 36.5. The van der Waals surface area contributed by atoms with Crippen LogP contribution in [-0.2, 0) is 82.3 Å². The smallest absolute Gasteiger partial charge is 0.446 e.